The maximum absolute atomic E-state index is 12.1. The number of carbonyl (C=O) groups is 1. The maximum atomic E-state index is 12.1. The van der Waals surface area contributed by atoms with Crippen LogP contribution in [0.2, 0.25) is 0 Å². The van der Waals surface area contributed by atoms with Crippen molar-refractivity contribution in [1.82, 2.24) is 0 Å². The Kier molecular flexibility index (Phi) is 7.36. The highest BCUT2D eigenvalue weighted by Gasteiger charge is 2.45. The van der Waals surface area contributed by atoms with Gasteiger partial charge < -0.3 is 4.74 Å². The highest BCUT2D eigenvalue weighted by atomic mass is 35.6. The van der Waals surface area contributed by atoms with E-state index in [1.54, 1.807) is 0 Å². The minimum Gasteiger partial charge on any atom is -0.459 e. The van der Waals surface area contributed by atoms with Crippen LogP contribution in [0.25, 0.3) is 0 Å². The van der Waals surface area contributed by atoms with E-state index < -0.39 is 9.76 Å². The lowest BCUT2D eigenvalue weighted by Gasteiger charge is -2.46. The van der Waals surface area contributed by atoms with E-state index in [-0.39, 0.29) is 6.10 Å². The third-order valence-electron chi connectivity index (χ3n) is 5.12. The number of esters is 1. The summed E-state index contributed by atoms with van der Waals surface area (Å²) in [6.45, 7) is 13.3. The molecule has 2 unspecified atom stereocenters. The molecular formula is C17H29Cl3O2. The summed E-state index contributed by atoms with van der Waals surface area (Å²) in [5.41, 5.74) is 0. The van der Waals surface area contributed by atoms with Gasteiger partial charge in [0, 0.05) is 0 Å². The summed E-state index contributed by atoms with van der Waals surface area (Å²) < 4.78 is 3.69. The molecule has 1 aliphatic rings. The van der Waals surface area contributed by atoms with Crippen molar-refractivity contribution in [1.29, 1.82) is 0 Å². The first-order valence-electron chi connectivity index (χ1n) is 8.22. The second-order valence-corrected chi connectivity index (χ2v) is 9.94. The number of rotatable bonds is 4. The maximum Gasteiger partial charge on any atom is 0.358 e. The fourth-order valence-electron chi connectivity index (χ4n) is 3.59. The van der Waals surface area contributed by atoms with Crippen molar-refractivity contribution in [2.75, 3.05) is 0 Å². The highest BCUT2D eigenvalue weighted by Crippen LogP contribution is 2.45. The molecule has 2 atom stereocenters. The van der Waals surface area contributed by atoms with Crippen molar-refractivity contribution in [3.05, 3.63) is 0 Å². The minimum atomic E-state index is -2.00. The van der Waals surface area contributed by atoms with Crippen LogP contribution in [-0.2, 0) is 9.53 Å². The Balaban J connectivity index is 3.04. The topological polar surface area (TPSA) is 26.3 Å². The van der Waals surface area contributed by atoms with Crippen LogP contribution in [0.1, 0.15) is 54.4 Å². The van der Waals surface area contributed by atoms with Crippen LogP contribution >= 0.6 is 34.8 Å². The molecule has 5 heteroatoms. The Labute approximate surface area is 150 Å². The third-order valence-corrected chi connectivity index (χ3v) is 5.59. The zero-order valence-corrected chi connectivity index (χ0v) is 16.7. The second kappa shape index (κ2) is 7.94. The Bertz CT molecular complexity index is 357. The summed E-state index contributed by atoms with van der Waals surface area (Å²) in [5.74, 6) is 2.01. The lowest BCUT2D eigenvalue weighted by atomic mass is 9.63. The molecule has 22 heavy (non-hydrogen) atoms. The highest BCUT2D eigenvalue weighted by molar-refractivity contribution is 6.75. The van der Waals surface area contributed by atoms with Crippen molar-refractivity contribution in [2.24, 2.45) is 35.5 Å². The molecule has 0 spiro atoms. The molecule has 0 heterocycles. The number of hydrogen-bond donors (Lipinski definition) is 0. The summed E-state index contributed by atoms with van der Waals surface area (Å²) in [7, 11) is 0. The molecule has 0 bridgehead atoms. The fourth-order valence-corrected chi connectivity index (χ4v) is 3.73. The molecule has 0 aromatic rings. The smallest absolute Gasteiger partial charge is 0.358 e. The first kappa shape index (κ1) is 20.4. The number of carbonyl (C=O) groups excluding carboxylic acids is 1. The monoisotopic (exact) mass is 370 g/mol. The average Bonchev–Trinajstić information content (AvgIpc) is 2.36. The minimum absolute atomic E-state index is 0.168. The van der Waals surface area contributed by atoms with Gasteiger partial charge in [-0.15, -0.1) is 0 Å². The molecule has 0 amide bonds. The van der Waals surface area contributed by atoms with Gasteiger partial charge >= 0.3 is 5.97 Å². The van der Waals surface area contributed by atoms with Crippen LogP contribution in [0.3, 0.4) is 0 Å². The van der Waals surface area contributed by atoms with E-state index in [2.05, 4.69) is 41.5 Å². The molecule has 1 aliphatic carbocycles. The standard InChI is InChI=1S/C17H29Cl3O2/c1-9(2)12-7-13(10(3)4)15(14(8-12)11(5)6)22-16(21)17(18,19)20/h9-15H,7-8H2,1-6H3. The molecule has 0 N–H and O–H groups in total. The van der Waals surface area contributed by atoms with Crippen molar-refractivity contribution in [3.8, 4) is 0 Å². The molecule has 0 aromatic heterocycles. The van der Waals surface area contributed by atoms with Crippen LogP contribution < -0.4 is 0 Å². The molecule has 1 rings (SSSR count). The van der Waals surface area contributed by atoms with E-state index in [0.29, 0.717) is 35.5 Å². The van der Waals surface area contributed by atoms with E-state index in [4.69, 9.17) is 39.5 Å². The Morgan fingerprint density at radius 1 is 0.909 bits per heavy atom. The predicted octanol–water partition coefficient (Wildman–Crippen LogP) is 5.88. The van der Waals surface area contributed by atoms with Crippen LogP contribution in [0.15, 0.2) is 0 Å². The van der Waals surface area contributed by atoms with Gasteiger partial charge in [-0.05, 0) is 48.3 Å². The Hall–Kier alpha value is 0.340. The first-order chi connectivity index (χ1) is 9.95. The van der Waals surface area contributed by atoms with E-state index >= 15 is 0 Å². The average molecular weight is 372 g/mol. The normalized spacial score (nSPS) is 30.2. The van der Waals surface area contributed by atoms with Gasteiger partial charge in [0.05, 0.1) is 0 Å². The molecule has 0 radical (unpaired) electrons. The van der Waals surface area contributed by atoms with Gasteiger partial charge in [-0.2, -0.15) is 0 Å². The van der Waals surface area contributed by atoms with Gasteiger partial charge in [-0.3, -0.25) is 0 Å². The lowest BCUT2D eigenvalue weighted by molar-refractivity contribution is -0.162. The summed E-state index contributed by atoms with van der Waals surface area (Å²) in [4.78, 5) is 12.1. The van der Waals surface area contributed by atoms with Crippen LogP contribution in [-0.4, -0.2) is 15.9 Å². The molecular weight excluding hydrogens is 343 g/mol. The number of halogens is 3. The summed E-state index contributed by atoms with van der Waals surface area (Å²) >= 11 is 17.1. The number of alkyl halides is 3. The van der Waals surface area contributed by atoms with E-state index in [1.165, 1.54) is 0 Å². The van der Waals surface area contributed by atoms with Crippen molar-refractivity contribution in [2.45, 2.75) is 64.3 Å². The van der Waals surface area contributed by atoms with Crippen LogP contribution in [0, 0.1) is 35.5 Å². The largest absolute Gasteiger partial charge is 0.459 e. The summed E-state index contributed by atoms with van der Waals surface area (Å²) in [6, 6.07) is 0. The molecule has 2 nitrogen and oxygen atoms in total. The molecule has 1 saturated carbocycles. The molecule has 0 aromatic carbocycles. The molecule has 130 valence electrons. The van der Waals surface area contributed by atoms with E-state index in [1.807, 2.05) is 0 Å². The zero-order chi connectivity index (χ0) is 17.2. The van der Waals surface area contributed by atoms with Gasteiger partial charge in [-0.25, -0.2) is 4.79 Å². The van der Waals surface area contributed by atoms with Crippen molar-refractivity contribution < 1.29 is 9.53 Å². The second-order valence-electron chi connectivity index (χ2n) is 7.66. The third kappa shape index (κ3) is 5.18. The van der Waals surface area contributed by atoms with E-state index in [9.17, 15) is 4.79 Å². The Morgan fingerprint density at radius 2 is 1.32 bits per heavy atom. The van der Waals surface area contributed by atoms with Gasteiger partial charge in [0.15, 0.2) is 0 Å². The molecule has 0 saturated heterocycles. The fraction of sp³-hybridized carbons (Fsp3) is 0.941. The van der Waals surface area contributed by atoms with Crippen LogP contribution in [0.5, 0.6) is 0 Å². The Morgan fingerprint density at radius 3 is 1.59 bits per heavy atom. The van der Waals surface area contributed by atoms with Gasteiger partial charge in [0.25, 0.3) is 3.79 Å². The molecule has 1 fully saturated rings. The van der Waals surface area contributed by atoms with Gasteiger partial charge in [0.1, 0.15) is 6.10 Å². The SMILES string of the molecule is CC(C)C1CC(C(C)C)C(OC(=O)C(Cl)(Cl)Cl)C(C(C)C)C1. The van der Waals surface area contributed by atoms with Crippen molar-refractivity contribution in [3.63, 3.8) is 0 Å². The quantitative estimate of drug-likeness (QED) is 0.455. The van der Waals surface area contributed by atoms with E-state index in [0.717, 1.165) is 12.8 Å². The summed E-state index contributed by atoms with van der Waals surface area (Å²) in [6.07, 6.45) is 1.96. The first-order valence-corrected chi connectivity index (χ1v) is 9.36. The van der Waals surface area contributed by atoms with Crippen LogP contribution in [0.4, 0.5) is 0 Å². The van der Waals surface area contributed by atoms with Crippen molar-refractivity contribution >= 4 is 40.8 Å². The number of ether oxygens (including phenoxy) is 1. The number of hydrogen-bond acceptors (Lipinski definition) is 2. The summed E-state index contributed by atoms with van der Waals surface area (Å²) in [5, 5.41) is 0. The molecule has 0 aliphatic heterocycles. The zero-order valence-electron chi connectivity index (χ0n) is 14.4. The van der Waals surface area contributed by atoms with Gasteiger partial charge in [0.2, 0.25) is 0 Å². The lowest BCUT2D eigenvalue weighted by Crippen LogP contribution is -2.46. The van der Waals surface area contributed by atoms with Gasteiger partial charge in [-0.1, -0.05) is 76.3 Å². The predicted molar refractivity (Wildman–Crippen MR) is 94.4 cm³/mol.